The quantitative estimate of drug-likeness (QED) is 0.734. The van der Waals surface area contributed by atoms with Gasteiger partial charge in [0.15, 0.2) is 0 Å². The summed E-state index contributed by atoms with van der Waals surface area (Å²) in [5, 5.41) is 0. The summed E-state index contributed by atoms with van der Waals surface area (Å²) in [5.41, 5.74) is 0.885. The van der Waals surface area contributed by atoms with Crippen molar-refractivity contribution in [2.75, 3.05) is 31.2 Å². The standard InChI is InChI=1S/C10H12FNO3S/c11-16(13,14)10-3-1-9(2-4-10)12-5-7-15-8-6-12/h1-4H,5-8H2. The highest BCUT2D eigenvalue weighted by molar-refractivity contribution is 7.86. The molecule has 1 saturated heterocycles. The van der Waals surface area contributed by atoms with E-state index in [1.54, 1.807) is 12.1 Å². The molecule has 2 rings (SSSR count). The molecule has 0 bridgehead atoms. The molecule has 4 nitrogen and oxygen atoms in total. The number of benzene rings is 1. The molecule has 0 aliphatic carbocycles. The third kappa shape index (κ3) is 2.51. The van der Waals surface area contributed by atoms with Crippen molar-refractivity contribution in [2.24, 2.45) is 0 Å². The molecule has 0 spiro atoms. The Labute approximate surface area is 93.8 Å². The number of halogens is 1. The Kier molecular flexibility index (Phi) is 3.11. The summed E-state index contributed by atoms with van der Waals surface area (Å²) in [7, 11) is -4.59. The Morgan fingerprint density at radius 1 is 1.12 bits per heavy atom. The van der Waals surface area contributed by atoms with Gasteiger partial charge in [-0.25, -0.2) is 0 Å². The number of hydrogen-bond acceptors (Lipinski definition) is 4. The van der Waals surface area contributed by atoms with E-state index in [1.807, 2.05) is 0 Å². The van der Waals surface area contributed by atoms with E-state index in [0.717, 1.165) is 18.8 Å². The molecule has 0 aromatic heterocycles. The number of ether oxygens (including phenoxy) is 1. The van der Waals surface area contributed by atoms with Gasteiger partial charge in [-0.3, -0.25) is 0 Å². The summed E-state index contributed by atoms with van der Waals surface area (Å²) in [4.78, 5) is 1.77. The van der Waals surface area contributed by atoms with E-state index in [9.17, 15) is 12.3 Å². The van der Waals surface area contributed by atoms with Gasteiger partial charge in [0.2, 0.25) is 0 Å². The zero-order chi connectivity index (χ0) is 11.6. The van der Waals surface area contributed by atoms with Crippen LogP contribution in [0.3, 0.4) is 0 Å². The zero-order valence-corrected chi connectivity index (χ0v) is 9.41. The van der Waals surface area contributed by atoms with Crippen molar-refractivity contribution in [1.82, 2.24) is 0 Å². The minimum atomic E-state index is -4.59. The number of morpholine rings is 1. The van der Waals surface area contributed by atoms with Crippen LogP contribution in [0.1, 0.15) is 0 Å². The summed E-state index contributed by atoms with van der Waals surface area (Å²) in [5.74, 6) is 0. The first-order valence-electron chi connectivity index (χ1n) is 4.95. The van der Waals surface area contributed by atoms with Gasteiger partial charge in [0, 0.05) is 18.8 Å². The second kappa shape index (κ2) is 4.39. The summed E-state index contributed by atoms with van der Waals surface area (Å²) in [6.45, 7) is 2.84. The monoisotopic (exact) mass is 245 g/mol. The van der Waals surface area contributed by atoms with Gasteiger partial charge in [0.1, 0.15) is 0 Å². The Balaban J connectivity index is 2.18. The van der Waals surface area contributed by atoms with E-state index in [2.05, 4.69) is 4.90 Å². The minimum Gasteiger partial charge on any atom is -0.378 e. The largest absolute Gasteiger partial charge is 0.378 e. The molecule has 1 aliphatic heterocycles. The van der Waals surface area contributed by atoms with Crippen LogP contribution < -0.4 is 4.90 Å². The first-order chi connectivity index (χ1) is 7.57. The molecule has 1 fully saturated rings. The third-order valence-corrected chi connectivity index (χ3v) is 3.33. The average molecular weight is 245 g/mol. The highest BCUT2D eigenvalue weighted by Gasteiger charge is 2.14. The van der Waals surface area contributed by atoms with Crippen molar-refractivity contribution in [3.05, 3.63) is 24.3 Å². The lowest BCUT2D eigenvalue weighted by atomic mass is 10.2. The zero-order valence-electron chi connectivity index (χ0n) is 8.60. The molecule has 0 saturated carbocycles. The van der Waals surface area contributed by atoms with Crippen LogP contribution in [0.15, 0.2) is 29.2 Å². The predicted octanol–water partition coefficient (Wildman–Crippen LogP) is 1.18. The highest BCUT2D eigenvalue weighted by atomic mass is 32.3. The van der Waals surface area contributed by atoms with Crippen LogP contribution in [0.4, 0.5) is 9.57 Å². The summed E-state index contributed by atoms with van der Waals surface area (Å²) < 4.78 is 39.1. The van der Waals surface area contributed by atoms with E-state index < -0.39 is 10.2 Å². The average Bonchev–Trinajstić information content (AvgIpc) is 2.29. The van der Waals surface area contributed by atoms with E-state index in [4.69, 9.17) is 4.74 Å². The van der Waals surface area contributed by atoms with E-state index >= 15 is 0 Å². The Bertz CT molecular complexity index is 451. The molecule has 1 aliphatic rings. The molecule has 0 radical (unpaired) electrons. The fourth-order valence-corrected chi connectivity index (χ4v) is 2.10. The van der Waals surface area contributed by atoms with Crippen molar-refractivity contribution < 1.29 is 17.0 Å². The fraction of sp³-hybridized carbons (Fsp3) is 0.400. The lowest BCUT2D eigenvalue weighted by molar-refractivity contribution is 0.122. The number of hydrogen-bond donors (Lipinski definition) is 0. The number of rotatable bonds is 2. The van der Waals surface area contributed by atoms with E-state index in [1.165, 1.54) is 12.1 Å². The molecule has 0 N–H and O–H groups in total. The molecule has 1 aromatic rings. The van der Waals surface area contributed by atoms with Crippen LogP contribution in [0, 0.1) is 0 Å². The number of anilines is 1. The van der Waals surface area contributed by atoms with Gasteiger partial charge in [-0.05, 0) is 24.3 Å². The Morgan fingerprint density at radius 3 is 2.19 bits per heavy atom. The molecular formula is C10H12FNO3S. The van der Waals surface area contributed by atoms with E-state index in [0.29, 0.717) is 13.2 Å². The summed E-state index contributed by atoms with van der Waals surface area (Å²) >= 11 is 0. The van der Waals surface area contributed by atoms with Gasteiger partial charge in [-0.2, -0.15) is 8.42 Å². The smallest absolute Gasteiger partial charge is 0.332 e. The van der Waals surface area contributed by atoms with Crippen LogP contribution in [-0.2, 0) is 15.0 Å². The third-order valence-electron chi connectivity index (χ3n) is 2.49. The van der Waals surface area contributed by atoms with Crippen molar-refractivity contribution in [3.63, 3.8) is 0 Å². The molecule has 6 heteroatoms. The minimum absolute atomic E-state index is 0.301. The fourth-order valence-electron chi connectivity index (χ4n) is 1.64. The Hall–Kier alpha value is -1.14. The van der Waals surface area contributed by atoms with Crippen molar-refractivity contribution in [2.45, 2.75) is 4.90 Å². The number of nitrogens with zero attached hydrogens (tertiary/aromatic N) is 1. The van der Waals surface area contributed by atoms with Crippen LogP contribution in [0.25, 0.3) is 0 Å². The molecule has 1 heterocycles. The molecule has 1 aromatic carbocycles. The summed E-state index contributed by atoms with van der Waals surface area (Å²) in [6.07, 6.45) is 0. The van der Waals surface area contributed by atoms with E-state index in [-0.39, 0.29) is 4.90 Å². The second-order valence-corrected chi connectivity index (χ2v) is 4.88. The van der Waals surface area contributed by atoms with Crippen LogP contribution >= 0.6 is 0 Å². The molecule has 0 atom stereocenters. The predicted molar refractivity (Wildman–Crippen MR) is 57.8 cm³/mol. The van der Waals surface area contributed by atoms with Gasteiger partial charge < -0.3 is 9.64 Å². The lowest BCUT2D eigenvalue weighted by Crippen LogP contribution is -2.36. The van der Waals surface area contributed by atoms with Crippen molar-refractivity contribution in [1.29, 1.82) is 0 Å². The van der Waals surface area contributed by atoms with Crippen LogP contribution in [-0.4, -0.2) is 34.7 Å². The molecule has 88 valence electrons. The molecule has 0 amide bonds. The molecule has 0 unspecified atom stereocenters. The first-order valence-corrected chi connectivity index (χ1v) is 6.33. The maximum absolute atomic E-state index is 12.6. The second-order valence-electron chi connectivity index (χ2n) is 3.53. The van der Waals surface area contributed by atoms with Crippen molar-refractivity contribution in [3.8, 4) is 0 Å². The summed E-state index contributed by atoms with van der Waals surface area (Å²) in [6, 6.07) is 5.77. The maximum atomic E-state index is 12.6. The lowest BCUT2D eigenvalue weighted by Gasteiger charge is -2.28. The van der Waals surface area contributed by atoms with Gasteiger partial charge >= 0.3 is 10.2 Å². The maximum Gasteiger partial charge on any atom is 0.332 e. The molecule has 16 heavy (non-hydrogen) atoms. The van der Waals surface area contributed by atoms with Gasteiger partial charge in [-0.1, -0.05) is 0 Å². The molecular weight excluding hydrogens is 233 g/mol. The van der Waals surface area contributed by atoms with Gasteiger partial charge in [-0.15, -0.1) is 3.89 Å². The SMILES string of the molecule is O=S(=O)(F)c1ccc(N2CCOCC2)cc1. The topological polar surface area (TPSA) is 46.6 Å². The normalized spacial score (nSPS) is 17.4. The Morgan fingerprint density at radius 2 is 1.69 bits per heavy atom. The van der Waals surface area contributed by atoms with Crippen LogP contribution in [0.5, 0.6) is 0 Å². The first kappa shape index (κ1) is 11.3. The van der Waals surface area contributed by atoms with Crippen molar-refractivity contribution >= 4 is 15.9 Å². The van der Waals surface area contributed by atoms with Crippen LogP contribution in [0.2, 0.25) is 0 Å². The van der Waals surface area contributed by atoms with Gasteiger partial charge in [0.05, 0.1) is 18.1 Å². The van der Waals surface area contributed by atoms with Gasteiger partial charge in [0.25, 0.3) is 0 Å². The highest BCUT2D eigenvalue weighted by Crippen LogP contribution is 2.19.